The Morgan fingerprint density at radius 2 is 2.04 bits per heavy atom. The summed E-state index contributed by atoms with van der Waals surface area (Å²) < 4.78 is 13.6. The van der Waals surface area contributed by atoms with E-state index in [2.05, 4.69) is 9.97 Å². The summed E-state index contributed by atoms with van der Waals surface area (Å²) in [4.78, 5) is 30.2. The molecule has 122 valence electrons. The molecule has 1 aromatic heterocycles. The van der Waals surface area contributed by atoms with E-state index in [0.717, 1.165) is 0 Å². The van der Waals surface area contributed by atoms with Crippen molar-refractivity contribution in [3.63, 3.8) is 0 Å². The van der Waals surface area contributed by atoms with Gasteiger partial charge in [0, 0.05) is 24.7 Å². The van der Waals surface area contributed by atoms with Crippen molar-refractivity contribution in [2.24, 2.45) is 11.7 Å². The highest BCUT2D eigenvalue weighted by molar-refractivity contribution is 5.87. The van der Waals surface area contributed by atoms with E-state index in [9.17, 15) is 19.1 Å². The number of aliphatic carboxylic acids is 1. The molecule has 2 rings (SSSR count). The van der Waals surface area contributed by atoms with Crippen LogP contribution >= 0.6 is 0 Å². The first-order chi connectivity index (χ1) is 11.0. The fourth-order valence-electron chi connectivity index (χ4n) is 2.32. The number of aromatic nitrogens is 2. The number of halogens is 1. The minimum absolute atomic E-state index is 0.0511. The van der Waals surface area contributed by atoms with Crippen LogP contribution in [-0.2, 0) is 22.4 Å². The lowest BCUT2D eigenvalue weighted by molar-refractivity contribution is -0.143. The summed E-state index contributed by atoms with van der Waals surface area (Å²) in [5, 5.41) is 9.28. The maximum atomic E-state index is 13.6. The van der Waals surface area contributed by atoms with E-state index in [1.54, 1.807) is 12.3 Å². The first-order valence-corrected chi connectivity index (χ1v) is 7.19. The van der Waals surface area contributed by atoms with Gasteiger partial charge in [0.15, 0.2) is 5.78 Å². The third-order valence-corrected chi connectivity index (χ3v) is 3.63. The summed E-state index contributed by atoms with van der Waals surface area (Å²) in [6, 6.07) is 5.11. The average molecular weight is 319 g/mol. The molecular formula is C16H18FN3O3. The Morgan fingerprint density at radius 3 is 2.65 bits per heavy atom. The molecule has 0 aliphatic heterocycles. The minimum Gasteiger partial charge on any atom is -0.481 e. The fraction of sp³-hybridized carbons (Fsp3) is 0.312. The Balaban J connectivity index is 2.00. The van der Waals surface area contributed by atoms with Gasteiger partial charge in [-0.05, 0) is 18.1 Å². The molecule has 0 amide bonds. The molecule has 4 N–H and O–H groups in total. The number of benzene rings is 1. The van der Waals surface area contributed by atoms with E-state index in [1.807, 2.05) is 0 Å². The van der Waals surface area contributed by atoms with Crippen LogP contribution in [0.25, 0.3) is 0 Å². The van der Waals surface area contributed by atoms with Crippen LogP contribution in [0.5, 0.6) is 0 Å². The Kier molecular flexibility index (Phi) is 5.59. The number of nitrogens with zero attached hydrogens (tertiary/aromatic N) is 1. The zero-order valence-corrected chi connectivity index (χ0v) is 12.4. The zero-order chi connectivity index (χ0) is 16.8. The van der Waals surface area contributed by atoms with Gasteiger partial charge in [0.2, 0.25) is 0 Å². The van der Waals surface area contributed by atoms with Crippen LogP contribution in [0.15, 0.2) is 36.8 Å². The number of ketones is 1. The van der Waals surface area contributed by atoms with Crippen LogP contribution in [0.1, 0.15) is 17.7 Å². The third-order valence-electron chi connectivity index (χ3n) is 3.63. The van der Waals surface area contributed by atoms with E-state index in [4.69, 9.17) is 5.73 Å². The molecule has 1 heterocycles. The number of carboxylic acid groups (broad SMARTS) is 1. The van der Waals surface area contributed by atoms with Gasteiger partial charge >= 0.3 is 5.97 Å². The van der Waals surface area contributed by atoms with Crippen LogP contribution in [0.2, 0.25) is 0 Å². The molecule has 1 unspecified atom stereocenters. The average Bonchev–Trinajstić information content (AvgIpc) is 3.01. The fourth-order valence-corrected chi connectivity index (χ4v) is 2.32. The maximum absolute atomic E-state index is 13.6. The molecule has 0 saturated carbocycles. The summed E-state index contributed by atoms with van der Waals surface area (Å²) in [5.74, 6) is -3.00. The number of hydrogen-bond acceptors (Lipinski definition) is 4. The van der Waals surface area contributed by atoms with E-state index in [1.165, 1.54) is 24.5 Å². The van der Waals surface area contributed by atoms with Crippen molar-refractivity contribution in [2.45, 2.75) is 25.3 Å². The van der Waals surface area contributed by atoms with Crippen molar-refractivity contribution in [1.82, 2.24) is 9.97 Å². The molecule has 6 nitrogen and oxygen atoms in total. The lowest BCUT2D eigenvalue weighted by atomic mass is 9.91. The maximum Gasteiger partial charge on any atom is 0.307 e. The predicted molar refractivity (Wildman–Crippen MR) is 81.1 cm³/mol. The van der Waals surface area contributed by atoms with Gasteiger partial charge < -0.3 is 15.8 Å². The Labute approximate surface area is 132 Å². The molecule has 0 radical (unpaired) electrons. The van der Waals surface area contributed by atoms with Gasteiger partial charge in [-0.15, -0.1) is 0 Å². The van der Waals surface area contributed by atoms with Gasteiger partial charge in [-0.1, -0.05) is 18.2 Å². The number of imidazole rings is 1. The second kappa shape index (κ2) is 7.64. The number of Topliss-reactive ketones (excluding diaryl/α,β-unsaturated/α-hetero) is 1. The van der Waals surface area contributed by atoms with Crippen molar-refractivity contribution in [3.05, 3.63) is 53.9 Å². The number of carbonyl (C=O) groups is 2. The number of aromatic amines is 1. The topological polar surface area (TPSA) is 109 Å². The second-order valence-electron chi connectivity index (χ2n) is 5.39. The van der Waals surface area contributed by atoms with Crippen molar-refractivity contribution in [2.75, 3.05) is 0 Å². The molecule has 23 heavy (non-hydrogen) atoms. The van der Waals surface area contributed by atoms with Crippen molar-refractivity contribution >= 4 is 11.8 Å². The van der Waals surface area contributed by atoms with Crippen LogP contribution in [-0.4, -0.2) is 32.9 Å². The number of H-pyrrole nitrogens is 1. The molecule has 2 aromatic rings. The summed E-state index contributed by atoms with van der Waals surface area (Å²) >= 11 is 0. The summed E-state index contributed by atoms with van der Waals surface area (Å²) in [6.07, 6.45) is 3.00. The quantitative estimate of drug-likeness (QED) is 0.680. The number of rotatable bonds is 8. The van der Waals surface area contributed by atoms with Gasteiger partial charge in [-0.3, -0.25) is 9.59 Å². The molecule has 7 heteroatoms. The van der Waals surface area contributed by atoms with E-state index in [0.29, 0.717) is 5.69 Å². The van der Waals surface area contributed by atoms with Crippen molar-refractivity contribution in [1.29, 1.82) is 0 Å². The lowest BCUT2D eigenvalue weighted by Crippen LogP contribution is -2.35. The van der Waals surface area contributed by atoms with Gasteiger partial charge in [-0.25, -0.2) is 9.37 Å². The Morgan fingerprint density at radius 1 is 1.30 bits per heavy atom. The number of hydrogen-bond donors (Lipinski definition) is 3. The molecule has 0 fully saturated rings. The third kappa shape index (κ3) is 4.72. The first kappa shape index (κ1) is 16.8. The van der Waals surface area contributed by atoms with E-state index in [-0.39, 0.29) is 30.6 Å². The van der Waals surface area contributed by atoms with Gasteiger partial charge in [0.25, 0.3) is 0 Å². The molecule has 1 aromatic carbocycles. The van der Waals surface area contributed by atoms with Crippen molar-refractivity contribution in [3.8, 4) is 0 Å². The zero-order valence-electron chi connectivity index (χ0n) is 12.4. The molecular weight excluding hydrogens is 301 g/mol. The van der Waals surface area contributed by atoms with Crippen LogP contribution in [0, 0.1) is 11.7 Å². The summed E-state index contributed by atoms with van der Waals surface area (Å²) in [6.45, 7) is 0. The second-order valence-corrected chi connectivity index (χ2v) is 5.39. The highest BCUT2D eigenvalue weighted by atomic mass is 19.1. The van der Waals surface area contributed by atoms with Crippen LogP contribution in [0.4, 0.5) is 4.39 Å². The minimum atomic E-state index is -1.14. The predicted octanol–water partition coefficient (Wildman–Crippen LogP) is 1.32. The Bertz CT molecular complexity index is 673. The standard InChI is InChI=1S/C16H18FN3O3/c17-13-4-2-1-3-10(13)5-11(16(22)23)6-15(21)14(18)7-12-8-19-9-20-12/h1-4,8-9,11,14H,5-7,18H2,(H,19,20)(H,22,23)/t11?,14-/m0/s1. The van der Waals surface area contributed by atoms with E-state index < -0.39 is 23.7 Å². The SMILES string of the molecule is N[C@@H](Cc1cnc[nH]1)C(=O)CC(Cc1ccccc1F)C(=O)O. The molecule has 2 atom stereocenters. The molecule has 0 aliphatic carbocycles. The normalized spacial score (nSPS) is 13.5. The van der Waals surface area contributed by atoms with Gasteiger partial charge in [-0.2, -0.15) is 0 Å². The molecule has 0 spiro atoms. The lowest BCUT2D eigenvalue weighted by Gasteiger charge is -2.15. The number of nitrogens with one attached hydrogen (secondary N) is 1. The monoisotopic (exact) mass is 319 g/mol. The summed E-state index contributed by atoms with van der Waals surface area (Å²) in [7, 11) is 0. The molecule has 0 aliphatic rings. The molecule has 0 bridgehead atoms. The van der Waals surface area contributed by atoms with Crippen molar-refractivity contribution < 1.29 is 19.1 Å². The van der Waals surface area contributed by atoms with Crippen LogP contribution < -0.4 is 5.73 Å². The number of nitrogens with two attached hydrogens (primary N) is 1. The number of carboxylic acids is 1. The largest absolute Gasteiger partial charge is 0.481 e. The highest BCUT2D eigenvalue weighted by Gasteiger charge is 2.26. The van der Waals surface area contributed by atoms with E-state index >= 15 is 0 Å². The van der Waals surface area contributed by atoms with Crippen LogP contribution in [0.3, 0.4) is 0 Å². The first-order valence-electron chi connectivity index (χ1n) is 7.19. The summed E-state index contributed by atoms with van der Waals surface area (Å²) in [5.41, 5.74) is 6.79. The Hall–Kier alpha value is -2.54. The molecule has 0 saturated heterocycles. The van der Waals surface area contributed by atoms with Gasteiger partial charge in [0.1, 0.15) is 5.82 Å². The highest BCUT2D eigenvalue weighted by Crippen LogP contribution is 2.17. The smallest absolute Gasteiger partial charge is 0.307 e. The number of carbonyl (C=O) groups excluding carboxylic acids is 1. The van der Waals surface area contributed by atoms with Gasteiger partial charge in [0.05, 0.1) is 18.3 Å².